The number of carbonyl (C=O) groups excluding carboxylic acids is 1. The SMILES string of the molecule is CCOC1CCCN(C(=O)N[C@H](C)C(=O)O)C1. The fraction of sp³-hybridized carbons (Fsp3) is 0.818. The molecule has 2 amide bonds. The van der Waals surface area contributed by atoms with Gasteiger partial charge in [0.2, 0.25) is 0 Å². The summed E-state index contributed by atoms with van der Waals surface area (Å²) < 4.78 is 5.48. The summed E-state index contributed by atoms with van der Waals surface area (Å²) in [5.74, 6) is -1.03. The zero-order valence-electron chi connectivity index (χ0n) is 10.3. The quantitative estimate of drug-likeness (QED) is 0.762. The van der Waals surface area contributed by atoms with Gasteiger partial charge in [-0.1, -0.05) is 0 Å². The van der Waals surface area contributed by atoms with Gasteiger partial charge in [-0.2, -0.15) is 0 Å². The van der Waals surface area contributed by atoms with Gasteiger partial charge in [-0.3, -0.25) is 4.79 Å². The summed E-state index contributed by atoms with van der Waals surface area (Å²) in [7, 11) is 0. The maximum Gasteiger partial charge on any atom is 0.325 e. The number of hydrogen-bond acceptors (Lipinski definition) is 3. The van der Waals surface area contributed by atoms with E-state index in [2.05, 4.69) is 5.32 Å². The molecule has 6 nitrogen and oxygen atoms in total. The summed E-state index contributed by atoms with van der Waals surface area (Å²) >= 11 is 0. The van der Waals surface area contributed by atoms with Crippen molar-refractivity contribution in [1.82, 2.24) is 10.2 Å². The Morgan fingerprint density at radius 1 is 1.59 bits per heavy atom. The minimum Gasteiger partial charge on any atom is -0.480 e. The summed E-state index contributed by atoms with van der Waals surface area (Å²) in [5, 5.41) is 11.2. The highest BCUT2D eigenvalue weighted by atomic mass is 16.5. The predicted octanol–water partition coefficient (Wildman–Crippen LogP) is 0.670. The van der Waals surface area contributed by atoms with Crippen molar-refractivity contribution in [2.24, 2.45) is 0 Å². The molecule has 0 aliphatic carbocycles. The molecule has 1 heterocycles. The number of ether oxygens (including phenoxy) is 1. The zero-order valence-corrected chi connectivity index (χ0v) is 10.3. The first kappa shape index (κ1) is 13.8. The first-order valence-electron chi connectivity index (χ1n) is 5.94. The number of likely N-dealkylation sites (tertiary alicyclic amines) is 1. The highest BCUT2D eigenvalue weighted by Crippen LogP contribution is 2.13. The van der Waals surface area contributed by atoms with Crippen molar-refractivity contribution in [3.8, 4) is 0 Å². The van der Waals surface area contributed by atoms with E-state index in [0.29, 0.717) is 19.7 Å². The lowest BCUT2D eigenvalue weighted by Crippen LogP contribution is -2.51. The highest BCUT2D eigenvalue weighted by molar-refractivity contribution is 5.82. The number of nitrogens with zero attached hydrogens (tertiary/aromatic N) is 1. The molecule has 2 atom stereocenters. The maximum absolute atomic E-state index is 11.8. The van der Waals surface area contributed by atoms with Crippen LogP contribution in [0.3, 0.4) is 0 Å². The number of nitrogens with one attached hydrogen (secondary N) is 1. The van der Waals surface area contributed by atoms with Crippen LogP contribution in [0.5, 0.6) is 0 Å². The molecule has 1 aliphatic heterocycles. The van der Waals surface area contributed by atoms with Gasteiger partial charge in [-0.05, 0) is 26.7 Å². The van der Waals surface area contributed by atoms with Crippen molar-refractivity contribution in [2.75, 3.05) is 19.7 Å². The molecule has 2 N–H and O–H groups in total. The second-order valence-corrected chi connectivity index (χ2v) is 4.18. The molecule has 0 radical (unpaired) electrons. The fourth-order valence-electron chi connectivity index (χ4n) is 1.83. The third-order valence-corrected chi connectivity index (χ3v) is 2.78. The first-order chi connectivity index (χ1) is 8.04. The average Bonchev–Trinajstić information content (AvgIpc) is 2.29. The number of urea groups is 1. The molecule has 0 aromatic heterocycles. The topological polar surface area (TPSA) is 78.9 Å². The Morgan fingerprint density at radius 3 is 2.88 bits per heavy atom. The molecule has 1 unspecified atom stereocenters. The lowest BCUT2D eigenvalue weighted by atomic mass is 10.1. The number of carboxylic acids is 1. The van der Waals surface area contributed by atoms with E-state index in [-0.39, 0.29) is 12.1 Å². The van der Waals surface area contributed by atoms with Crippen molar-refractivity contribution < 1.29 is 19.4 Å². The molecule has 98 valence electrons. The molecule has 0 saturated carbocycles. The largest absolute Gasteiger partial charge is 0.480 e. The van der Waals surface area contributed by atoms with Gasteiger partial charge >= 0.3 is 12.0 Å². The monoisotopic (exact) mass is 244 g/mol. The van der Waals surface area contributed by atoms with Crippen molar-refractivity contribution in [3.63, 3.8) is 0 Å². The van der Waals surface area contributed by atoms with Crippen LogP contribution in [0, 0.1) is 0 Å². The minimum atomic E-state index is -1.03. The molecule has 6 heteroatoms. The molecule has 0 aromatic rings. The van der Waals surface area contributed by atoms with Gasteiger partial charge < -0.3 is 20.1 Å². The smallest absolute Gasteiger partial charge is 0.325 e. The van der Waals surface area contributed by atoms with E-state index in [1.807, 2.05) is 6.92 Å². The molecule has 0 spiro atoms. The van der Waals surface area contributed by atoms with E-state index in [9.17, 15) is 9.59 Å². The predicted molar refractivity (Wildman–Crippen MR) is 61.9 cm³/mol. The highest BCUT2D eigenvalue weighted by Gasteiger charge is 2.25. The molecular formula is C11H20N2O4. The Bertz CT molecular complexity index is 281. The van der Waals surface area contributed by atoms with Crippen LogP contribution >= 0.6 is 0 Å². The van der Waals surface area contributed by atoms with Crippen molar-refractivity contribution >= 4 is 12.0 Å². The van der Waals surface area contributed by atoms with Gasteiger partial charge in [0.05, 0.1) is 6.10 Å². The second-order valence-electron chi connectivity index (χ2n) is 4.18. The number of aliphatic carboxylic acids is 1. The van der Waals surface area contributed by atoms with Crippen LogP contribution in [0.25, 0.3) is 0 Å². The van der Waals surface area contributed by atoms with Crippen LogP contribution < -0.4 is 5.32 Å². The van der Waals surface area contributed by atoms with Crippen LogP contribution in [0.1, 0.15) is 26.7 Å². The summed E-state index contributed by atoms with van der Waals surface area (Å²) in [6.07, 6.45) is 1.91. The zero-order chi connectivity index (χ0) is 12.8. The van der Waals surface area contributed by atoms with Crippen molar-refractivity contribution in [3.05, 3.63) is 0 Å². The van der Waals surface area contributed by atoms with Gasteiger partial charge in [-0.15, -0.1) is 0 Å². The van der Waals surface area contributed by atoms with Gasteiger partial charge in [0.25, 0.3) is 0 Å². The summed E-state index contributed by atoms with van der Waals surface area (Å²) in [4.78, 5) is 24.0. The molecule has 1 fully saturated rings. The Hall–Kier alpha value is -1.30. The van der Waals surface area contributed by atoms with E-state index in [4.69, 9.17) is 9.84 Å². The van der Waals surface area contributed by atoms with Crippen LogP contribution in [-0.2, 0) is 9.53 Å². The number of carboxylic acid groups (broad SMARTS) is 1. The first-order valence-corrected chi connectivity index (χ1v) is 5.94. The van der Waals surface area contributed by atoms with Crippen LogP contribution in [-0.4, -0.2) is 53.8 Å². The molecule has 1 saturated heterocycles. The third kappa shape index (κ3) is 4.22. The lowest BCUT2D eigenvalue weighted by Gasteiger charge is -2.32. The van der Waals surface area contributed by atoms with Gasteiger partial charge in [0.15, 0.2) is 0 Å². The number of amides is 2. The van der Waals surface area contributed by atoms with Gasteiger partial charge in [0.1, 0.15) is 6.04 Å². The number of rotatable bonds is 4. The molecule has 0 bridgehead atoms. The molecule has 1 rings (SSSR count). The third-order valence-electron chi connectivity index (χ3n) is 2.78. The molecule has 0 aromatic carbocycles. The number of piperidine rings is 1. The minimum absolute atomic E-state index is 0.0691. The van der Waals surface area contributed by atoms with Crippen molar-refractivity contribution in [2.45, 2.75) is 38.8 Å². The summed E-state index contributed by atoms with van der Waals surface area (Å²) in [6, 6.07) is -1.20. The van der Waals surface area contributed by atoms with Crippen molar-refractivity contribution in [1.29, 1.82) is 0 Å². The van der Waals surface area contributed by atoms with E-state index in [0.717, 1.165) is 12.8 Å². The fourth-order valence-corrected chi connectivity index (χ4v) is 1.83. The average molecular weight is 244 g/mol. The van der Waals surface area contributed by atoms with Crippen LogP contribution in [0.15, 0.2) is 0 Å². The molecular weight excluding hydrogens is 224 g/mol. The standard InChI is InChI=1S/C11H20N2O4/c1-3-17-9-5-4-6-13(7-9)11(16)12-8(2)10(14)15/h8-9H,3-7H2,1-2H3,(H,12,16)(H,14,15)/t8-,9?/m1/s1. The summed E-state index contributed by atoms with van der Waals surface area (Å²) in [6.45, 7) is 5.19. The van der Waals surface area contributed by atoms with E-state index in [1.165, 1.54) is 6.92 Å². The lowest BCUT2D eigenvalue weighted by molar-refractivity contribution is -0.138. The Labute approximate surface area is 101 Å². The van der Waals surface area contributed by atoms with Crippen LogP contribution in [0.2, 0.25) is 0 Å². The number of carbonyl (C=O) groups is 2. The number of hydrogen-bond donors (Lipinski definition) is 2. The Morgan fingerprint density at radius 2 is 2.29 bits per heavy atom. The van der Waals surface area contributed by atoms with Gasteiger partial charge in [0, 0.05) is 19.7 Å². The van der Waals surface area contributed by atoms with Gasteiger partial charge in [-0.25, -0.2) is 4.79 Å². The molecule has 1 aliphatic rings. The van der Waals surface area contributed by atoms with Crippen LogP contribution in [0.4, 0.5) is 4.79 Å². The maximum atomic E-state index is 11.8. The van der Waals surface area contributed by atoms with E-state index in [1.54, 1.807) is 4.90 Å². The van der Waals surface area contributed by atoms with E-state index >= 15 is 0 Å². The van der Waals surface area contributed by atoms with E-state index < -0.39 is 12.0 Å². The normalized spacial score (nSPS) is 22.0. The Balaban J connectivity index is 2.43. The second kappa shape index (κ2) is 6.44. The molecule has 17 heavy (non-hydrogen) atoms. The Kier molecular flexibility index (Phi) is 5.21. The summed E-state index contributed by atoms with van der Waals surface area (Å²) in [5.41, 5.74) is 0.